The average Bonchev–Trinajstić information content (AvgIpc) is 3.10. The maximum Gasteiger partial charge on any atom is 0.355 e. The summed E-state index contributed by atoms with van der Waals surface area (Å²) < 4.78 is 15.4. The van der Waals surface area contributed by atoms with Crippen molar-refractivity contribution in [3.8, 4) is 11.5 Å². The smallest absolute Gasteiger partial charge is 0.355 e. The molecule has 0 radical (unpaired) electrons. The number of para-hydroxylation sites is 1. The molecule has 0 aliphatic carbocycles. The summed E-state index contributed by atoms with van der Waals surface area (Å²) in [5.41, 5.74) is 1.58. The molecule has 134 valence electrons. The fourth-order valence-electron chi connectivity index (χ4n) is 2.48. The summed E-state index contributed by atoms with van der Waals surface area (Å²) in [5, 5.41) is 3.53. The molecule has 0 saturated carbocycles. The first-order valence-corrected chi connectivity index (χ1v) is 7.87. The Labute approximate surface area is 149 Å². The highest BCUT2D eigenvalue weighted by molar-refractivity contribution is 5.98. The molecule has 0 fully saturated rings. The first kappa shape index (κ1) is 17.3. The number of ether oxygens (including phenoxy) is 3. The van der Waals surface area contributed by atoms with Crippen molar-refractivity contribution >= 4 is 28.5 Å². The standard InChI is InChI=1S/C19H18N2O5/c1-24-13-7-8-15(17(10-13)25-2)21-18(22)11-26-19(23)16-9-12-5-3-4-6-14(12)20-16/h3-10,20H,11H2,1-2H3,(H,21,22). The Bertz CT molecular complexity index is 915. The monoisotopic (exact) mass is 354 g/mol. The Morgan fingerprint density at radius 2 is 1.85 bits per heavy atom. The number of H-pyrrole nitrogens is 1. The molecular weight excluding hydrogens is 336 g/mol. The van der Waals surface area contributed by atoms with Crippen LogP contribution >= 0.6 is 0 Å². The molecule has 0 bridgehead atoms. The van der Waals surface area contributed by atoms with E-state index in [4.69, 9.17) is 14.2 Å². The van der Waals surface area contributed by atoms with Crippen LogP contribution in [0, 0.1) is 0 Å². The number of carbonyl (C=O) groups is 2. The lowest BCUT2D eigenvalue weighted by molar-refractivity contribution is -0.119. The van der Waals surface area contributed by atoms with Gasteiger partial charge in [-0.15, -0.1) is 0 Å². The van der Waals surface area contributed by atoms with E-state index in [2.05, 4.69) is 10.3 Å². The van der Waals surface area contributed by atoms with Crippen molar-refractivity contribution in [3.05, 3.63) is 54.2 Å². The highest BCUT2D eigenvalue weighted by Crippen LogP contribution is 2.28. The van der Waals surface area contributed by atoms with Crippen molar-refractivity contribution in [3.63, 3.8) is 0 Å². The zero-order valence-electron chi connectivity index (χ0n) is 14.4. The van der Waals surface area contributed by atoms with Crippen LogP contribution in [0.25, 0.3) is 10.9 Å². The van der Waals surface area contributed by atoms with E-state index in [1.807, 2.05) is 24.3 Å². The summed E-state index contributed by atoms with van der Waals surface area (Å²) in [6.45, 7) is -0.413. The lowest BCUT2D eigenvalue weighted by Crippen LogP contribution is -2.21. The number of amides is 1. The second kappa shape index (κ2) is 7.60. The van der Waals surface area contributed by atoms with Gasteiger partial charge in [0.2, 0.25) is 0 Å². The van der Waals surface area contributed by atoms with Gasteiger partial charge in [-0.3, -0.25) is 4.79 Å². The van der Waals surface area contributed by atoms with E-state index in [-0.39, 0.29) is 0 Å². The normalized spacial score (nSPS) is 10.4. The Hall–Kier alpha value is -3.48. The van der Waals surface area contributed by atoms with E-state index in [1.54, 1.807) is 24.3 Å². The molecule has 0 spiro atoms. The highest BCUT2D eigenvalue weighted by atomic mass is 16.5. The summed E-state index contributed by atoms with van der Waals surface area (Å²) >= 11 is 0. The second-order valence-corrected chi connectivity index (χ2v) is 5.46. The van der Waals surface area contributed by atoms with Gasteiger partial charge in [0.1, 0.15) is 17.2 Å². The van der Waals surface area contributed by atoms with Crippen molar-refractivity contribution < 1.29 is 23.8 Å². The number of aromatic nitrogens is 1. The Morgan fingerprint density at radius 3 is 2.58 bits per heavy atom. The van der Waals surface area contributed by atoms with Crippen LogP contribution in [0.1, 0.15) is 10.5 Å². The van der Waals surface area contributed by atoms with Gasteiger partial charge in [-0.25, -0.2) is 4.79 Å². The third-order valence-corrected chi connectivity index (χ3v) is 3.77. The van der Waals surface area contributed by atoms with Crippen LogP contribution in [0.5, 0.6) is 11.5 Å². The number of aromatic amines is 1. The van der Waals surface area contributed by atoms with Crippen molar-refractivity contribution in [2.75, 3.05) is 26.1 Å². The number of carbonyl (C=O) groups excluding carboxylic acids is 2. The summed E-state index contributed by atoms with van der Waals surface area (Å²) in [7, 11) is 3.02. The second-order valence-electron chi connectivity index (χ2n) is 5.46. The van der Waals surface area contributed by atoms with Crippen LogP contribution in [-0.4, -0.2) is 37.7 Å². The SMILES string of the molecule is COc1ccc(NC(=O)COC(=O)c2cc3ccccc3[nH]2)c(OC)c1. The molecule has 0 aliphatic rings. The summed E-state index contributed by atoms with van der Waals surface area (Å²) in [6, 6.07) is 14.1. The largest absolute Gasteiger partial charge is 0.497 e. The fraction of sp³-hybridized carbons (Fsp3) is 0.158. The minimum atomic E-state index is -0.599. The van der Waals surface area contributed by atoms with Gasteiger partial charge in [0.25, 0.3) is 5.91 Å². The van der Waals surface area contributed by atoms with Crippen LogP contribution < -0.4 is 14.8 Å². The summed E-state index contributed by atoms with van der Waals surface area (Å²) in [4.78, 5) is 27.1. The Morgan fingerprint density at radius 1 is 1.04 bits per heavy atom. The molecule has 0 aliphatic heterocycles. The maximum absolute atomic E-state index is 12.1. The topological polar surface area (TPSA) is 89.6 Å². The van der Waals surface area contributed by atoms with Gasteiger partial charge < -0.3 is 24.5 Å². The number of hydrogen-bond acceptors (Lipinski definition) is 5. The number of rotatable bonds is 6. The van der Waals surface area contributed by atoms with Crippen molar-refractivity contribution in [2.24, 2.45) is 0 Å². The molecule has 7 heteroatoms. The van der Waals surface area contributed by atoms with Crippen molar-refractivity contribution in [1.82, 2.24) is 4.98 Å². The maximum atomic E-state index is 12.1. The average molecular weight is 354 g/mol. The first-order chi connectivity index (χ1) is 12.6. The van der Waals surface area contributed by atoms with Gasteiger partial charge in [0.05, 0.1) is 19.9 Å². The predicted octanol–water partition coefficient (Wildman–Crippen LogP) is 2.98. The van der Waals surface area contributed by atoms with Gasteiger partial charge in [-0.05, 0) is 24.3 Å². The zero-order chi connectivity index (χ0) is 18.5. The van der Waals surface area contributed by atoms with Gasteiger partial charge in [-0.2, -0.15) is 0 Å². The number of nitrogens with one attached hydrogen (secondary N) is 2. The number of esters is 1. The van der Waals surface area contributed by atoms with E-state index in [0.29, 0.717) is 22.9 Å². The molecule has 0 saturated heterocycles. The molecule has 2 N–H and O–H groups in total. The van der Waals surface area contributed by atoms with E-state index in [9.17, 15) is 9.59 Å². The molecule has 26 heavy (non-hydrogen) atoms. The van der Waals surface area contributed by atoms with Gasteiger partial charge in [-0.1, -0.05) is 18.2 Å². The molecular formula is C19H18N2O5. The van der Waals surface area contributed by atoms with Crippen molar-refractivity contribution in [2.45, 2.75) is 0 Å². The molecule has 3 aromatic rings. The highest BCUT2D eigenvalue weighted by Gasteiger charge is 2.14. The molecule has 1 aromatic heterocycles. The first-order valence-electron chi connectivity index (χ1n) is 7.87. The quantitative estimate of drug-likeness (QED) is 0.664. The van der Waals surface area contributed by atoms with Gasteiger partial charge in [0, 0.05) is 17.0 Å². The molecule has 0 atom stereocenters. The summed E-state index contributed by atoms with van der Waals surface area (Å²) in [5.74, 6) is -0.0271. The summed E-state index contributed by atoms with van der Waals surface area (Å²) in [6.07, 6.45) is 0. The molecule has 7 nitrogen and oxygen atoms in total. The number of fused-ring (bicyclic) bond motifs is 1. The number of anilines is 1. The van der Waals surface area contributed by atoms with Crippen molar-refractivity contribution in [1.29, 1.82) is 0 Å². The third kappa shape index (κ3) is 3.77. The molecule has 1 heterocycles. The molecule has 1 amide bonds. The minimum absolute atomic E-state index is 0.293. The van der Waals surface area contributed by atoms with Gasteiger partial charge >= 0.3 is 5.97 Å². The molecule has 0 unspecified atom stereocenters. The van der Waals surface area contributed by atoms with E-state index >= 15 is 0 Å². The number of methoxy groups -OCH3 is 2. The number of benzene rings is 2. The van der Waals surface area contributed by atoms with Crippen LogP contribution in [0.2, 0.25) is 0 Å². The Kier molecular flexibility index (Phi) is 5.07. The number of hydrogen-bond donors (Lipinski definition) is 2. The predicted molar refractivity (Wildman–Crippen MR) is 96.8 cm³/mol. The lowest BCUT2D eigenvalue weighted by atomic mass is 10.2. The van der Waals surface area contributed by atoms with E-state index < -0.39 is 18.5 Å². The Balaban J connectivity index is 1.61. The fourth-order valence-corrected chi connectivity index (χ4v) is 2.48. The van der Waals surface area contributed by atoms with Crippen LogP contribution in [-0.2, 0) is 9.53 Å². The molecule has 2 aromatic carbocycles. The zero-order valence-corrected chi connectivity index (χ0v) is 14.4. The molecule has 3 rings (SSSR count). The van der Waals surface area contributed by atoms with Gasteiger partial charge in [0.15, 0.2) is 6.61 Å². The van der Waals surface area contributed by atoms with Crippen LogP contribution in [0.3, 0.4) is 0 Å². The lowest BCUT2D eigenvalue weighted by Gasteiger charge is -2.11. The third-order valence-electron chi connectivity index (χ3n) is 3.77. The minimum Gasteiger partial charge on any atom is -0.497 e. The van der Waals surface area contributed by atoms with E-state index in [0.717, 1.165) is 10.9 Å². The van der Waals surface area contributed by atoms with Crippen LogP contribution in [0.15, 0.2) is 48.5 Å². The van der Waals surface area contributed by atoms with Crippen LogP contribution in [0.4, 0.5) is 5.69 Å². The van der Waals surface area contributed by atoms with E-state index in [1.165, 1.54) is 14.2 Å².